The first-order chi connectivity index (χ1) is 16.1. The minimum Gasteiger partial charge on any atom is -0.449 e. The second-order valence-corrected chi connectivity index (χ2v) is 7.95. The van der Waals surface area contributed by atoms with Crippen molar-refractivity contribution in [1.82, 2.24) is 14.1 Å². The zero-order chi connectivity index (χ0) is 22.9. The van der Waals surface area contributed by atoms with Crippen molar-refractivity contribution in [3.63, 3.8) is 0 Å². The first-order valence-corrected chi connectivity index (χ1v) is 11.0. The number of hydrogen-bond donors (Lipinski definition) is 1. The first kappa shape index (κ1) is 21.0. The number of benzene rings is 3. The molecule has 0 atom stereocenters. The predicted molar refractivity (Wildman–Crippen MR) is 129 cm³/mol. The zero-order valence-electron chi connectivity index (χ0n) is 18.6. The normalized spacial score (nSPS) is 11.6. The molecule has 0 aliphatic carbocycles. The number of nitrogens with zero attached hydrogens (tertiary/aromatic N) is 3. The van der Waals surface area contributed by atoms with Gasteiger partial charge in [0.1, 0.15) is 11.6 Å². The van der Waals surface area contributed by atoms with Gasteiger partial charge in [0.15, 0.2) is 0 Å². The van der Waals surface area contributed by atoms with Crippen molar-refractivity contribution in [1.29, 1.82) is 0 Å². The van der Waals surface area contributed by atoms with Crippen molar-refractivity contribution < 1.29 is 19.4 Å². The number of carboxylic acid groups (broad SMARTS) is 1. The molecule has 0 saturated heterocycles. The lowest BCUT2D eigenvalue weighted by Crippen LogP contribution is -2.04. The molecule has 0 amide bonds. The van der Waals surface area contributed by atoms with E-state index in [0.717, 1.165) is 36.4 Å². The summed E-state index contributed by atoms with van der Waals surface area (Å²) in [6.45, 7) is 4.42. The van der Waals surface area contributed by atoms with Crippen molar-refractivity contribution in [2.45, 2.75) is 26.4 Å². The van der Waals surface area contributed by atoms with Gasteiger partial charge in [-0.2, -0.15) is 0 Å². The molecule has 7 heteroatoms. The molecule has 0 fully saturated rings. The Bertz CT molecular complexity index is 1480. The molecule has 5 rings (SSSR count). The van der Waals surface area contributed by atoms with Crippen LogP contribution in [0.4, 0.5) is 4.79 Å². The fourth-order valence-corrected chi connectivity index (χ4v) is 4.62. The van der Waals surface area contributed by atoms with Gasteiger partial charge in [0.25, 0.3) is 0 Å². The summed E-state index contributed by atoms with van der Waals surface area (Å²) in [4.78, 5) is 15.9. The highest BCUT2D eigenvalue weighted by Gasteiger charge is 2.16. The van der Waals surface area contributed by atoms with Crippen LogP contribution in [0.3, 0.4) is 0 Å². The molecular formula is C26H25N3O4. The molecule has 5 aromatic rings. The van der Waals surface area contributed by atoms with Gasteiger partial charge in [-0.25, -0.2) is 9.78 Å². The zero-order valence-corrected chi connectivity index (χ0v) is 18.6. The summed E-state index contributed by atoms with van der Waals surface area (Å²) in [5.41, 5.74) is 5.04. The summed E-state index contributed by atoms with van der Waals surface area (Å²) >= 11 is 0. The lowest BCUT2D eigenvalue weighted by molar-refractivity contribution is 0.144. The Labute approximate surface area is 190 Å². The molecule has 1 N–H and O–H groups in total. The van der Waals surface area contributed by atoms with E-state index in [1.165, 1.54) is 21.8 Å². The van der Waals surface area contributed by atoms with E-state index in [2.05, 4.69) is 58.5 Å². The average Bonchev–Trinajstić information content (AvgIpc) is 3.33. The molecule has 33 heavy (non-hydrogen) atoms. The van der Waals surface area contributed by atoms with Crippen molar-refractivity contribution in [3.05, 3.63) is 60.7 Å². The molecule has 0 spiro atoms. The molecular weight excluding hydrogens is 418 g/mol. The Hall–Kier alpha value is -3.84. The van der Waals surface area contributed by atoms with Gasteiger partial charge < -0.3 is 23.7 Å². The summed E-state index contributed by atoms with van der Waals surface area (Å²) in [7, 11) is 1.69. The van der Waals surface area contributed by atoms with E-state index in [1.807, 2.05) is 6.07 Å². The van der Waals surface area contributed by atoms with Crippen LogP contribution in [0.15, 0.2) is 60.7 Å². The van der Waals surface area contributed by atoms with E-state index >= 15 is 0 Å². The lowest BCUT2D eigenvalue weighted by Gasteiger charge is -2.10. The van der Waals surface area contributed by atoms with Gasteiger partial charge in [-0.3, -0.25) is 0 Å². The van der Waals surface area contributed by atoms with Crippen LogP contribution in [0.1, 0.15) is 13.3 Å². The van der Waals surface area contributed by atoms with E-state index in [-0.39, 0.29) is 5.75 Å². The third-order valence-electron chi connectivity index (χ3n) is 6.00. The Balaban J connectivity index is 1.69. The van der Waals surface area contributed by atoms with E-state index < -0.39 is 6.16 Å². The van der Waals surface area contributed by atoms with Gasteiger partial charge in [0, 0.05) is 60.2 Å². The van der Waals surface area contributed by atoms with Crippen LogP contribution in [0.5, 0.6) is 5.75 Å². The summed E-state index contributed by atoms with van der Waals surface area (Å²) < 4.78 is 14.6. The smallest absolute Gasteiger partial charge is 0.449 e. The van der Waals surface area contributed by atoms with Crippen molar-refractivity contribution in [2.75, 3.05) is 13.7 Å². The topological polar surface area (TPSA) is 78.5 Å². The number of hydrogen-bond acceptors (Lipinski definition) is 4. The van der Waals surface area contributed by atoms with Crippen molar-refractivity contribution in [2.24, 2.45) is 0 Å². The molecule has 0 bridgehead atoms. The highest BCUT2D eigenvalue weighted by Crippen LogP contribution is 2.34. The predicted octanol–water partition coefficient (Wildman–Crippen LogP) is 5.92. The van der Waals surface area contributed by atoms with E-state index in [9.17, 15) is 4.79 Å². The fraction of sp³-hybridized carbons (Fsp3) is 0.231. The minimum absolute atomic E-state index is 0.254. The quantitative estimate of drug-likeness (QED) is 0.192. The number of fused-ring (bicyclic) bond motifs is 4. The van der Waals surface area contributed by atoms with Crippen LogP contribution in [-0.2, 0) is 17.8 Å². The van der Waals surface area contributed by atoms with Crippen LogP contribution in [0.2, 0.25) is 0 Å². The Morgan fingerprint density at radius 3 is 2.55 bits per heavy atom. The molecule has 3 aromatic carbocycles. The van der Waals surface area contributed by atoms with Crippen LogP contribution in [0.25, 0.3) is 44.2 Å². The second kappa shape index (κ2) is 8.60. The molecule has 0 aliphatic heterocycles. The SMILES string of the molecule is CCn1c2ccccc2c2cc(-c3nc4cc(OC(=O)O)ccc4n3CCCOC)ccc21. The number of imidazole rings is 1. The standard InChI is InChI=1S/C26H25N3O4/c1-3-28-22-8-5-4-7-19(22)20-15-17(9-11-23(20)28)25-27-21-16-18(33-26(30)31)10-12-24(21)29(25)13-6-14-32-2/h4-5,7-12,15-16H,3,6,13-14H2,1-2H3,(H,30,31). The third-order valence-corrected chi connectivity index (χ3v) is 6.00. The van der Waals surface area contributed by atoms with Crippen LogP contribution in [-0.4, -0.2) is 39.1 Å². The molecule has 0 radical (unpaired) electrons. The lowest BCUT2D eigenvalue weighted by atomic mass is 10.1. The molecule has 0 aliphatic rings. The van der Waals surface area contributed by atoms with Crippen molar-refractivity contribution >= 4 is 39.0 Å². The van der Waals surface area contributed by atoms with Gasteiger partial charge in [0.05, 0.1) is 11.0 Å². The van der Waals surface area contributed by atoms with Gasteiger partial charge in [-0.15, -0.1) is 0 Å². The van der Waals surface area contributed by atoms with E-state index in [0.29, 0.717) is 12.1 Å². The average molecular weight is 444 g/mol. The molecule has 0 unspecified atom stereocenters. The molecule has 0 saturated carbocycles. The Kier molecular flexibility index (Phi) is 5.48. The van der Waals surface area contributed by atoms with Crippen LogP contribution < -0.4 is 4.74 Å². The summed E-state index contributed by atoms with van der Waals surface area (Å²) in [5, 5.41) is 11.4. The highest BCUT2D eigenvalue weighted by molar-refractivity contribution is 6.09. The number of methoxy groups -OCH3 is 1. The maximum absolute atomic E-state index is 11.0. The van der Waals surface area contributed by atoms with E-state index in [4.69, 9.17) is 19.6 Å². The van der Waals surface area contributed by atoms with Crippen LogP contribution in [0, 0.1) is 0 Å². The number of aromatic nitrogens is 3. The van der Waals surface area contributed by atoms with Gasteiger partial charge >= 0.3 is 6.16 Å². The maximum atomic E-state index is 11.0. The highest BCUT2D eigenvalue weighted by atomic mass is 16.7. The molecule has 168 valence electrons. The molecule has 7 nitrogen and oxygen atoms in total. The number of para-hydroxylation sites is 1. The third kappa shape index (κ3) is 3.70. The second-order valence-electron chi connectivity index (χ2n) is 7.95. The number of aryl methyl sites for hydroxylation is 2. The Morgan fingerprint density at radius 1 is 0.970 bits per heavy atom. The van der Waals surface area contributed by atoms with Gasteiger partial charge in [-0.05, 0) is 49.7 Å². The summed E-state index contributed by atoms with van der Waals surface area (Å²) in [6.07, 6.45) is -0.508. The van der Waals surface area contributed by atoms with Crippen molar-refractivity contribution in [3.8, 4) is 17.1 Å². The number of carbonyl (C=O) groups is 1. The largest absolute Gasteiger partial charge is 0.511 e. The van der Waals surface area contributed by atoms with E-state index in [1.54, 1.807) is 19.2 Å². The molecule has 2 heterocycles. The fourth-order valence-electron chi connectivity index (χ4n) is 4.62. The number of rotatable bonds is 7. The maximum Gasteiger partial charge on any atom is 0.511 e. The Morgan fingerprint density at radius 2 is 1.76 bits per heavy atom. The molecule has 2 aromatic heterocycles. The number of ether oxygens (including phenoxy) is 2. The monoisotopic (exact) mass is 443 g/mol. The summed E-state index contributed by atoms with van der Waals surface area (Å²) in [5.74, 6) is 1.09. The van der Waals surface area contributed by atoms with Gasteiger partial charge in [-0.1, -0.05) is 18.2 Å². The first-order valence-electron chi connectivity index (χ1n) is 11.0. The summed E-state index contributed by atoms with van der Waals surface area (Å²) in [6, 6.07) is 20.1. The minimum atomic E-state index is -1.34. The van der Waals surface area contributed by atoms with Crippen LogP contribution >= 0.6 is 0 Å². The van der Waals surface area contributed by atoms with Gasteiger partial charge in [0.2, 0.25) is 0 Å².